The third-order valence-corrected chi connectivity index (χ3v) is 5.91. The highest BCUT2D eigenvalue weighted by atomic mass is 16.5. The van der Waals surface area contributed by atoms with Crippen LogP contribution in [0.3, 0.4) is 0 Å². The van der Waals surface area contributed by atoms with E-state index in [-0.39, 0.29) is 30.6 Å². The number of carbonyl (C=O) groups is 1. The minimum Gasteiger partial charge on any atom is -0.396 e. The van der Waals surface area contributed by atoms with Gasteiger partial charge in [0.25, 0.3) is 5.91 Å². The van der Waals surface area contributed by atoms with Crippen molar-refractivity contribution in [2.45, 2.75) is 38.8 Å². The average molecular weight is 367 g/mol. The predicted molar refractivity (Wildman–Crippen MR) is 101 cm³/mol. The van der Waals surface area contributed by atoms with Crippen molar-refractivity contribution in [3.63, 3.8) is 0 Å². The standard InChI is InChI=1S/C21H25N3O3/c1-13-11-22-23-20(14(13)2)16-3-5-17(6-4-16)21(26)24-7-8-27-19-10-15(12-25)9-18(19)24/h3-6,11,15,18-19,25H,7-10,12H2,1-2H3/t15-,18+,19+/m1/s1. The van der Waals surface area contributed by atoms with Gasteiger partial charge in [0.1, 0.15) is 0 Å². The summed E-state index contributed by atoms with van der Waals surface area (Å²) in [5.74, 6) is 0.254. The van der Waals surface area contributed by atoms with E-state index in [1.807, 2.05) is 43.0 Å². The molecule has 6 heteroatoms. The summed E-state index contributed by atoms with van der Waals surface area (Å²) >= 11 is 0. The molecule has 0 radical (unpaired) electrons. The lowest BCUT2D eigenvalue weighted by Crippen LogP contribution is -2.51. The molecular formula is C21H25N3O3. The largest absolute Gasteiger partial charge is 0.396 e. The third-order valence-electron chi connectivity index (χ3n) is 5.91. The molecule has 142 valence electrons. The van der Waals surface area contributed by atoms with E-state index in [0.29, 0.717) is 18.7 Å². The van der Waals surface area contributed by atoms with Gasteiger partial charge in [0.05, 0.1) is 30.6 Å². The van der Waals surface area contributed by atoms with Crippen molar-refractivity contribution in [2.75, 3.05) is 19.8 Å². The fourth-order valence-corrected chi connectivity index (χ4v) is 4.19. The van der Waals surface area contributed by atoms with Crippen molar-refractivity contribution >= 4 is 5.91 Å². The predicted octanol–water partition coefficient (Wildman–Crippen LogP) is 2.37. The number of hydrogen-bond acceptors (Lipinski definition) is 5. The Hall–Kier alpha value is -2.31. The first-order valence-electron chi connectivity index (χ1n) is 9.51. The first-order valence-corrected chi connectivity index (χ1v) is 9.51. The molecule has 27 heavy (non-hydrogen) atoms. The lowest BCUT2D eigenvalue weighted by atomic mass is 10.0. The van der Waals surface area contributed by atoms with Crippen LogP contribution in [0, 0.1) is 19.8 Å². The van der Waals surface area contributed by atoms with Crippen molar-refractivity contribution in [2.24, 2.45) is 5.92 Å². The molecule has 1 aliphatic heterocycles. The fraction of sp³-hybridized carbons (Fsp3) is 0.476. The molecule has 1 aliphatic carbocycles. The summed E-state index contributed by atoms with van der Waals surface area (Å²) in [6.45, 7) is 5.36. The summed E-state index contributed by atoms with van der Waals surface area (Å²) in [7, 11) is 0. The molecule has 2 fully saturated rings. The quantitative estimate of drug-likeness (QED) is 0.901. The number of benzene rings is 1. The highest BCUT2D eigenvalue weighted by molar-refractivity contribution is 5.95. The lowest BCUT2D eigenvalue weighted by molar-refractivity contribution is -0.0448. The summed E-state index contributed by atoms with van der Waals surface area (Å²) in [5, 5.41) is 17.8. The first-order chi connectivity index (χ1) is 13.1. The molecule has 6 nitrogen and oxygen atoms in total. The number of fused-ring (bicyclic) bond motifs is 1. The molecule has 1 saturated heterocycles. The third kappa shape index (κ3) is 3.35. The van der Waals surface area contributed by atoms with Gasteiger partial charge in [0.15, 0.2) is 0 Å². The van der Waals surface area contributed by atoms with E-state index >= 15 is 0 Å². The summed E-state index contributed by atoms with van der Waals surface area (Å²) in [6.07, 6.45) is 3.44. The zero-order valence-corrected chi connectivity index (χ0v) is 15.8. The zero-order chi connectivity index (χ0) is 19.0. The molecule has 2 heterocycles. The van der Waals surface area contributed by atoms with Crippen LogP contribution in [0.4, 0.5) is 0 Å². The Morgan fingerprint density at radius 1 is 1.26 bits per heavy atom. The van der Waals surface area contributed by atoms with Crippen molar-refractivity contribution in [3.8, 4) is 11.3 Å². The van der Waals surface area contributed by atoms with E-state index in [2.05, 4.69) is 10.2 Å². The highest BCUT2D eigenvalue weighted by Crippen LogP contribution is 2.34. The Morgan fingerprint density at radius 3 is 2.78 bits per heavy atom. The average Bonchev–Trinajstić information content (AvgIpc) is 3.13. The van der Waals surface area contributed by atoms with E-state index in [0.717, 1.165) is 35.2 Å². The number of amides is 1. The van der Waals surface area contributed by atoms with Crippen LogP contribution in [0.1, 0.15) is 34.3 Å². The number of carbonyl (C=O) groups excluding carboxylic acids is 1. The van der Waals surface area contributed by atoms with Gasteiger partial charge in [-0.25, -0.2) is 0 Å². The van der Waals surface area contributed by atoms with Crippen LogP contribution < -0.4 is 0 Å². The van der Waals surface area contributed by atoms with Crippen LogP contribution in [0.25, 0.3) is 11.3 Å². The normalized spacial score (nSPS) is 24.7. The van der Waals surface area contributed by atoms with E-state index < -0.39 is 0 Å². The minimum absolute atomic E-state index is 0.0329. The van der Waals surface area contributed by atoms with Crippen LogP contribution in [0.2, 0.25) is 0 Å². The van der Waals surface area contributed by atoms with Crippen molar-refractivity contribution in [1.29, 1.82) is 0 Å². The number of rotatable bonds is 3. The van der Waals surface area contributed by atoms with E-state index in [4.69, 9.17) is 4.74 Å². The Balaban J connectivity index is 1.55. The monoisotopic (exact) mass is 367 g/mol. The summed E-state index contributed by atoms with van der Waals surface area (Å²) in [4.78, 5) is 15.0. The van der Waals surface area contributed by atoms with Crippen LogP contribution in [0.5, 0.6) is 0 Å². The van der Waals surface area contributed by atoms with Crippen LogP contribution >= 0.6 is 0 Å². The Kier molecular flexibility index (Phi) is 4.93. The maximum atomic E-state index is 13.1. The summed E-state index contributed by atoms with van der Waals surface area (Å²) in [5.41, 5.74) is 4.67. The molecular weight excluding hydrogens is 342 g/mol. The van der Waals surface area contributed by atoms with Gasteiger partial charge >= 0.3 is 0 Å². The molecule has 1 aromatic heterocycles. The second-order valence-electron chi connectivity index (χ2n) is 7.57. The Labute approximate surface area is 159 Å². The molecule has 1 N–H and O–H groups in total. The number of aromatic nitrogens is 2. The first kappa shape index (κ1) is 18.1. The van der Waals surface area contributed by atoms with E-state index in [9.17, 15) is 9.90 Å². The molecule has 2 aliphatic rings. The van der Waals surface area contributed by atoms with Crippen LogP contribution in [0.15, 0.2) is 30.5 Å². The SMILES string of the molecule is Cc1cnnc(-c2ccc(C(=O)N3CCO[C@H]4C[C@H](CO)C[C@@H]43)cc2)c1C. The molecule has 0 bridgehead atoms. The lowest BCUT2D eigenvalue weighted by Gasteiger charge is -2.37. The summed E-state index contributed by atoms with van der Waals surface area (Å²) < 4.78 is 5.83. The molecule has 0 unspecified atom stereocenters. The van der Waals surface area contributed by atoms with Gasteiger partial charge in [-0.3, -0.25) is 4.79 Å². The number of aliphatic hydroxyl groups is 1. The van der Waals surface area contributed by atoms with E-state index in [1.54, 1.807) is 6.20 Å². The van der Waals surface area contributed by atoms with Crippen LogP contribution in [-0.2, 0) is 4.74 Å². The van der Waals surface area contributed by atoms with Gasteiger partial charge in [-0.2, -0.15) is 10.2 Å². The van der Waals surface area contributed by atoms with Gasteiger partial charge in [0.2, 0.25) is 0 Å². The minimum atomic E-state index is 0.0329. The second kappa shape index (κ2) is 7.37. The smallest absolute Gasteiger partial charge is 0.254 e. The number of nitrogens with zero attached hydrogens (tertiary/aromatic N) is 3. The fourth-order valence-electron chi connectivity index (χ4n) is 4.19. The molecule has 2 aromatic rings. The molecule has 1 amide bonds. The van der Waals surface area contributed by atoms with Crippen molar-refractivity contribution in [1.82, 2.24) is 15.1 Å². The van der Waals surface area contributed by atoms with Gasteiger partial charge in [-0.15, -0.1) is 0 Å². The molecule has 0 spiro atoms. The van der Waals surface area contributed by atoms with Crippen molar-refractivity contribution in [3.05, 3.63) is 47.2 Å². The van der Waals surface area contributed by atoms with Gasteiger partial charge < -0.3 is 14.7 Å². The van der Waals surface area contributed by atoms with E-state index in [1.165, 1.54) is 0 Å². The molecule has 3 atom stereocenters. The van der Waals surface area contributed by atoms with Gasteiger partial charge in [-0.1, -0.05) is 12.1 Å². The second-order valence-corrected chi connectivity index (χ2v) is 7.57. The maximum absolute atomic E-state index is 13.1. The Bertz CT molecular complexity index is 837. The number of aryl methyl sites for hydroxylation is 1. The number of hydrogen-bond donors (Lipinski definition) is 1. The number of morpholine rings is 1. The highest BCUT2D eigenvalue weighted by Gasteiger charge is 2.42. The summed E-state index contributed by atoms with van der Waals surface area (Å²) in [6, 6.07) is 7.67. The Morgan fingerprint density at radius 2 is 2.04 bits per heavy atom. The molecule has 1 aromatic carbocycles. The topological polar surface area (TPSA) is 75.6 Å². The molecule has 4 rings (SSSR count). The number of ether oxygens (including phenoxy) is 1. The number of aliphatic hydroxyl groups excluding tert-OH is 1. The zero-order valence-electron chi connectivity index (χ0n) is 15.8. The molecule has 1 saturated carbocycles. The van der Waals surface area contributed by atoms with Crippen molar-refractivity contribution < 1.29 is 14.6 Å². The van der Waals surface area contributed by atoms with Crippen LogP contribution in [-0.4, -0.2) is 58.0 Å². The van der Waals surface area contributed by atoms with Gasteiger partial charge in [-0.05, 0) is 55.9 Å². The van der Waals surface area contributed by atoms with Gasteiger partial charge in [0, 0.05) is 24.3 Å². The maximum Gasteiger partial charge on any atom is 0.254 e.